The number of piperazine rings is 1. The van der Waals surface area contributed by atoms with E-state index in [9.17, 15) is 31.1 Å². The van der Waals surface area contributed by atoms with Crippen molar-refractivity contribution in [2.75, 3.05) is 36.9 Å². The van der Waals surface area contributed by atoms with Gasteiger partial charge in [0.15, 0.2) is 11.5 Å². The fourth-order valence-electron chi connectivity index (χ4n) is 3.80. The SMILES string of the molecule is Cc1ccc(NC(=O)c2ccc3nnc(C4CN(c5ncccn5)CCN4C)n3c2)cn1.O=C(O)C(F)(F)F.O=C(O)C(F)(F)F. The number of aromatic nitrogens is 6. The Morgan fingerprint density at radius 1 is 0.891 bits per heavy atom. The monoisotopic (exact) mass is 657 g/mol. The third kappa shape index (κ3) is 9.55. The van der Waals surface area contributed by atoms with Crippen LogP contribution in [0.1, 0.15) is 27.9 Å². The topological polar surface area (TPSA) is 179 Å². The number of anilines is 2. The maximum atomic E-state index is 12.8. The Labute approximate surface area is 255 Å². The van der Waals surface area contributed by atoms with Gasteiger partial charge in [0.05, 0.1) is 23.5 Å². The second-order valence-electron chi connectivity index (χ2n) is 9.44. The normalized spacial score (nSPS) is 15.2. The fourth-order valence-corrected chi connectivity index (χ4v) is 3.80. The predicted octanol–water partition coefficient (Wildman–Crippen LogP) is 3.23. The van der Waals surface area contributed by atoms with Crippen molar-refractivity contribution in [1.82, 2.24) is 34.4 Å². The van der Waals surface area contributed by atoms with Gasteiger partial charge >= 0.3 is 24.3 Å². The molecule has 1 aliphatic rings. The Kier molecular flexibility index (Phi) is 11.1. The van der Waals surface area contributed by atoms with Gasteiger partial charge in [-0.1, -0.05) is 0 Å². The fraction of sp³-hybridized carbons (Fsp3) is 0.308. The van der Waals surface area contributed by atoms with Crippen molar-refractivity contribution in [1.29, 1.82) is 0 Å². The Bertz CT molecular complexity index is 1630. The molecule has 1 atom stereocenters. The summed E-state index contributed by atoms with van der Waals surface area (Å²) in [5.74, 6) is -4.26. The number of carboxylic acid groups (broad SMARTS) is 2. The minimum Gasteiger partial charge on any atom is -0.475 e. The lowest BCUT2D eigenvalue weighted by Gasteiger charge is -2.38. The number of nitrogens with zero attached hydrogens (tertiary/aromatic N) is 8. The molecule has 14 nitrogen and oxygen atoms in total. The Morgan fingerprint density at radius 3 is 2.04 bits per heavy atom. The molecule has 3 N–H and O–H groups in total. The van der Waals surface area contributed by atoms with Crippen LogP contribution in [0.25, 0.3) is 5.65 Å². The van der Waals surface area contributed by atoms with Crippen LogP contribution in [0, 0.1) is 6.92 Å². The van der Waals surface area contributed by atoms with Gasteiger partial charge in [-0.15, -0.1) is 10.2 Å². The van der Waals surface area contributed by atoms with Gasteiger partial charge in [-0.2, -0.15) is 26.3 Å². The molecule has 46 heavy (non-hydrogen) atoms. The first-order chi connectivity index (χ1) is 21.5. The molecule has 1 aliphatic heterocycles. The number of aliphatic carboxylic acids is 2. The van der Waals surface area contributed by atoms with Gasteiger partial charge in [0.1, 0.15) is 0 Å². The number of likely N-dealkylation sites (N-methyl/N-ethyl adjacent to an activating group) is 1. The molecule has 1 saturated heterocycles. The summed E-state index contributed by atoms with van der Waals surface area (Å²) in [6.07, 6.45) is -3.24. The van der Waals surface area contributed by atoms with E-state index in [4.69, 9.17) is 19.8 Å². The first-order valence-corrected chi connectivity index (χ1v) is 12.9. The van der Waals surface area contributed by atoms with Crippen LogP contribution in [0.2, 0.25) is 0 Å². The van der Waals surface area contributed by atoms with E-state index in [2.05, 4.69) is 47.3 Å². The van der Waals surface area contributed by atoms with Crippen LogP contribution in [-0.2, 0) is 9.59 Å². The molecule has 1 unspecified atom stereocenters. The first kappa shape index (κ1) is 35.1. The van der Waals surface area contributed by atoms with Crippen molar-refractivity contribution in [3.63, 3.8) is 0 Å². The molecule has 0 saturated carbocycles. The van der Waals surface area contributed by atoms with Crippen molar-refractivity contribution in [2.45, 2.75) is 25.3 Å². The van der Waals surface area contributed by atoms with Crippen molar-refractivity contribution < 1.29 is 50.9 Å². The molecular formula is C26H25F6N9O5. The third-order valence-electron chi connectivity index (χ3n) is 6.13. The molecule has 0 radical (unpaired) electrons. The van der Waals surface area contributed by atoms with Crippen LogP contribution < -0.4 is 10.2 Å². The van der Waals surface area contributed by atoms with Crippen LogP contribution in [0.5, 0.6) is 0 Å². The number of pyridine rings is 2. The molecular weight excluding hydrogens is 632 g/mol. The first-order valence-electron chi connectivity index (χ1n) is 12.9. The molecule has 246 valence electrons. The van der Waals surface area contributed by atoms with Gasteiger partial charge in [-0.05, 0) is 44.3 Å². The highest BCUT2D eigenvalue weighted by Gasteiger charge is 2.39. The average molecular weight is 658 g/mol. The molecule has 4 aromatic rings. The van der Waals surface area contributed by atoms with E-state index in [1.54, 1.807) is 36.9 Å². The molecule has 5 rings (SSSR count). The number of amides is 1. The van der Waals surface area contributed by atoms with Crippen molar-refractivity contribution in [2.24, 2.45) is 0 Å². The van der Waals surface area contributed by atoms with E-state index in [-0.39, 0.29) is 11.9 Å². The van der Waals surface area contributed by atoms with Crippen molar-refractivity contribution >= 4 is 35.1 Å². The molecule has 0 aromatic carbocycles. The number of carbonyl (C=O) groups excluding carboxylic acids is 1. The van der Waals surface area contributed by atoms with Crippen LogP contribution in [0.4, 0.5) is 38.0 Å². The third-order valence-corrected chi connectivity index (χ3v) is 6.13. The Hall–Kier alpha value is -5.40. The van der Waals surface area contributed by atoms with Gasteiger partial charge in [-0.3, -0.25) is 19.1 Å². The Balaban J connectivity index is 0.000000345. The lowest BCUT2D eigenvalue weighted by atomic mass is 10.1. The molecule has 0 bridgehead atoms. The number of carbonyl (C=O) groups is 3. The largest absolute Gasteiger partial charge is 0.490 e. The number of aryl methyl sites for hydroxylation is 1. The number of carboxylic acids is 2. The quantitative estimate of drug-likeness (QED) is 0.273. The number of alkyl halides is 6. The molecule has 1 fully saturated rings. The summed E-state index contributed by atoms with van der Waals surface area (Å²) in [6.45, 7) is 4.23. The standard InChI is InChI=1S/C22H23N9O.2C2HF3O2/c1-15-4-6-17(12-25-15)26-21(32)16-5-7-19-27-28-20(31(19)13-16)18-14-30(11-10-29(18)2)22-23-8-3-9-24-22;2*3-2(4,5)1(6)7/h3-9,12-13,18H,10-11,14H2,1-2H3,(H,26,32);2*(H,6,7). The number of fused-ring (bicyclic) bond motifs is 1. The molecule has 5 heterocycles. The summed E-state index contributed by atoms with van der Waals surface area (Å²) >= 11 is 0. The van der Waals surface area contributed by atoms with Gasteiger partial charge in [-0.25, -0.2) is 19.6 Å². The highest BCUT2D eigenvalue weighted by atomic mass is 19.4. The van der Waals surface area contributed by atoms with Gasteiger partial charge in [0.25, 0.3) is 5.91 Å². The second-order valence-corrected chi connectivity index (χ2v) is 9.44. The number of halogens is 6. The van der Waals surface area contributed by atoms with Crippen LogP contribution >= 0.6 is 0 Å². The highest BCUT2D eigenvalue weighted by molar-refractivity contribution is 6.04. The number of hydrogen-bond acceptors (Lipinski definition) is 10. The lowest BCUT2D eigenvalue weighted by molar-refractivity contribution is -0.193. The van der Waals surface area contributed by atoms with Gasteiger partial charge in [0, 0.05) is 43.9 Å². The summed E-state index contributed by atoms with van der Waals surface area (Å²) in [7, 11) is 2.07. The van der Waals surface area contributed by atoms with E-state index < -0.39 is 24.3 Å². The number of nitrogens with one attached hydrogen (secondary N) is 1. The smallest absolute Gasteiger partial charge is 0.475 e. The summed E-state index contributed by atoms with van der Waals surface area (Å²) in [4.78, 5) is 48.0. The van der Waals surface area contributed by atoms with Gasteiger partial charge < -0.3 is 20.4 Å². The van der Waals surface area contributed by atoms with Crippen molar-refractivity contribution in [3.05, 3.63) is 72.2 Å². The predicted molar refractivity (Wildman–Crippen MR) is 147 cm³/mol. The molecule has 20 heteroatoms. The molecule has 0 spiro atoms. The molecule has 1 amide bonds. The summed E-state index contributed by atoms with van der Waals surface area (Å²) in [5, 5.41) is 25.9. The van der Waals surface area contributed by atoms with Crippen LogP contribution in [0.3, 0.4) is 0 Å². The Morgan fingerprint density at radius 2 is 1.50 bits per heavy atom. The second kappa shape index (κ2) is 14.6. The number of hydrogen-bond donors (Lipinski definition) is 3. The summed E-state index contributed by atoms with van der Waals surface area (Å²) in [6, 6.07) is 9.03. The molecule has 0 aliphatic carbocycles. The highest BCUT2D eigenvalue weighted by Crippen LogP contribution is 2.25. The maximum Gasteiger partial charge on any atom is 0.490 e. The minimum atomic E-state index is -5.08. The van der Waals surface area contributed by atoms with E-state index >= 15 is 0 Å². The van der Waals surface area contributed by atoms with Crippen molar-refractivity contribution in [3.8, 4) is 0 Å². The van der Waals surface area contributed by atoms with E-state index in [1.807, 2.05) is 29.5 Å². The van der Waals surface area contributed by atoms with Crippen LogP contribution in [-0.4, -0.2) is 102 Å². The number of rotatable bonds is 4. The van der Waals surface area contributed by atoms with Gasteiger partial charge in [0.2, 0.25) is 5.95 Å². The maximum absolute atomic E-state index is 12.8. The van der Waals surface area contributed by atoms with E-state index in [1.165, 1.54) is 0 Å². The molecule has 4 aromatic heterocycles. The summed E-state index contributed by atoms with van der Waals surface area (Å²) < 4.78 is 65.4. The zero-order chi connectivity index (χ0) is 34.2. The minimum absolute atomic E-state index is 0.0258. The van der Waals surface area contributed by atoms with Crippen LogP contribution in [0.15, 0.2) is 55.1 Å². The lowest BCUT2D eigenvalue weighted by Crippen LogP contribution is -2.47. The van der Waals surface area contributed by atoms with E-state index in [0.29, 0.717) is 29.4 Å². The average Bonchev–Trinajstić information content (AvgIpc) is 3.42. The zero-order valence-electron chi connectivity index (χ0n) is 23.9. The summed E-state index contributed by atoms with van der Waals surface area (Å²) in [5.41, 5.74) is 2.75. The van der Waals surface area contributed by atoms with E-state index in [0.717, 1.165) is 24.6 Å². The zero-order valence-corrected chi connectivity index (χ0v) is 23.9.